The molecule has 5 heteroatoms. The van der Waals surface area contributed by atoms with Gasteiger partial charge in [0.15, 0.2) is 0 Å². The predicted octanol–water partition coefficient (Wildman–Crippen LogP) is 3.37. The molecule has 0 unspecified atom stereocenters. The van der Waals surface area contributed by atoms with Gasteiger partial charge < -0.3 is 15.4 Å². The standard InChI is InChI=1S/C16H20N4O/c1-2-10-21-15-7-9-18-16(20-15)19-13-5-6-14-12(11-13)4-3-8-17-14/h5-7,9,11,17H,2-4,8,10H2,1H3,(H,18,19,20). The van der Waals surface area contributed by atoms with Crippen molar-refractivity contribution in [3.05, 3.63) is 36.0 Å². The second-order valence-electron chi connectivity index (χ2n) is 5.09. The lowest BCUT2D eigenvalue weighted by Gasteiger charge is -2.18. The molecule has 0 radical (unpaired) electrons. The van der Waals surface area contributed by atoms with Crippen molar-refractivity contribution in [3.8, 4) is 5.88 Å². The van der Waals surface area contributed by atoms with E-state index in [1.54, 1.807) is 12.3 Å². The summed E-state index contributed by atoms with van der Waals surface area (Å²) >= 11 is 0. The van der Waals surface area contributed by atoms with Gasteiger partial charge in [0.1, 0.15) is 0 Å². The minimum Gasteiger partial charge on any atom is -0.478 e. The molecule has 1 aromatic carbocycles. The summed E-state index contributed by atoms with van der Waals surface area (Å²) in [5.41, 5.74) is 3.57. The van der Waals surface area contributed by atoms with Gasteiger partial charge in [-0.25, -0.2) is 4.98 Å². The Morgan fingerprint density at radius 1 is 1.33 bits per heavy atom. The predicted molar refractivity (Wildman–Crippen MR) is 84.4 cm³/mol. The summed E-state index contributed by atoms with van der Waals surface area (Å²) in [6, 6.07) is 8.08. The van der Waals surface area contributed by atoms with Crippen molar-refractivity contribution in [2.24, 2.45) is 0 Å². The van der Waals surface area contributed by atoms with Gasteiger partial charge in [0.25, 0.3) is 0 Å². The minimum atomic E-state index is 0.562. The number of ether oxygens (including phenoxy) is 1. The fourth-order valence-corrected chi connectivity index (χ4v) is 2.37. The quantitative estimate of drug-likeness (QED) is 0.881. The lowest BCUT2D eigenvalue weighted by atomic mass is 10.0. The zero-order chi connectivity index (χ0) is 14.5. The third kappa shape index (κ3) is 3.42. The van der Waals surface area contributed by atoms with Gasteiger partial charge in [-0.1, -0.05) is 6.92 Å². The van der Waals surface area contributed by atoms with Crippen molar-refractivity contribution >= 4 is 17.3 Å². The van der Waals surface area contributed by atoms with E-state index in [0.29, 0.717) is 18.4 Å². The molecule has 3 rings (SSSR count). The molecule has 0 saturated heterocycles. The molecular formula is C16H20N4O. The average Bonchev–Trinajstić information content (AvgIpc) is 2.53. The molecular weight excluding hydrogens is 264 g/mol. The first-order chi connectivity index (χ1) is 10.3. The molecule has 0 saturated carbocycles. The van der Waals surface area contributed by atoms with Crippen LogP contribution in [0.4, 0.5) is 17.3 Å². The van der Waals surface area contributed by atoms with Gasteiger partial charge in [-0.15, -0.1) is 0 Å². The van der Waals surface area contributed by atoms with Crippen LogP contribution in [0.1, 0.15) is 25.3 Å². The third-order valence-corrected chi connectivity index (χ3v) is 3.38. The Hall–Kier alpha value is -2.30. The summed E-state index contributed by atoms with van der Waals surface area (Å²) in [5, 5.41) is 6.65. The fraction of sp³-hybridized carbons (Fsp3) is 0.375. The van der Waals surface area contributed by atoms with E-state index in [9.17, 15) is 0 Å². The van der Waals surface area contributed by atoms with Crippen molar-refractivity contribution < 1.29 is 4.74 Å². The lowest BCUT2D eigenvalue weighted by molar-refractivity contribution is 0.305. The molecule has 110 valence electrons. The van der Waals surface area contributed by atoms with E-state index in [1.165, 1.54) is 17.7 Å². The highest BCUT2D eigenvalue weighted by Gasteiger charge is 2.09. The Balaban J connectivity index is 1.74. The number of hydrogen-bond acceptors (Lipinski definition) is 5. The van der Waals surface area contributed by atoms with E-state index in [1.807, 2.05) is 6.07 Å². The molecule has 0 fully saturated rings. The fourth-order valence-electron chi connectivity index (χ4n) is 2.37. The maximum absolute atomic E-state index is 5.52. The van der Waals surface area contributed by atoms with Gasteiger partial charge in [-0.05, 0) is 43.0 Å². The second-order valence-corrected chi connectivity index (χ2v) is 5.09. The summed E-state index contributed by atoms with van der Waals surface area (Å²) in [7, 11) is 0. The van der Waals surface area contributed by atoms with Gasteiger partial charge in [-0.3, -0.25) is 0 Å². The lowest BCUT2D eigenvalue weighted by Crippen LogP contribution is -2.11. The third-order valence-electron chi connectivity index (χ3n) is 3.38. The Labute approximate surface area is 124 Å². The first-order valence-corrected chi connectivity index (χ1v) is 7.45. The summed E-state index contributed by atoms with van der Waals surface area (Å²) in [4.78, 5) is 8.59. The monoisotopic (exact) mass is 284 g/mol. The van der Waals surface area contributed by atoms with E-state index in [2.05, 4.69) is 39.7 Å². The molecule has 0 atom stereocenters. The van der Waals surface area contributed by atoms with E-state index in [0.717, 1.165) is 25.1 Å². The van der Waals surface area contributed by atoms with E-state index in [-0.39, 0.29) is 0 Å². The highest BCUT2D eigenvalue weighted by molar-refractivity contribution is 5.63. The minimum absolute atomic E-state index is 0.562. The van der Waals surface area contributed by atoms with Crippen LogP contribution in [0.3, 0.4) is 0 Å². The van der Waals surface area contributed by atoms with Crippen molar-refractivity contribution in [1.29, 1.82) is 0 Å². The Kier molecular flexibility index (Phi) is 4.19. The summed E-state index contributed by atoms with van der Waals surface area (Å²) in [6.45, 7) is 3.79. The number of nitrogens with zero attached hydrogens (tertiary/aromatic N) is 2. The zero-order valence-electron chi connectivity index (χ0n) is 12.2. The van der Waals surface area contributed by atoms with Crippen molar-refractivity contribution in [1.82, 2.24) is 9.97 Å². The van der Waals surface area contributed by atoms with Gasteiger partial charge in [0.05, 0.1) is 6.61 Å². The van der Waals surface area contributed by atoms with E-state index >= 15 is 0 Å². The number of rotatable bonds is 5. The van der Waals surface area contributed by atoms with Crippen LogP contribution in [-0.2, 0) is 6.42 Å². The van der Waals surface area contributed by atoms with Crippen LogP contribution in [0.5, 0.6) is 5.88 Å². The molecule has 0 bridgehead atoms. The topological polar surface area (TPSA) is 59.1 Å². The molecule has 21 heavy (non-hydrogen) atoms. The molecule has 0 amide bonds. The number of aromatic nitrogens is 2. The van der Waals surface area contributed by atoms with Crippen molar-refractivity contribution in [2.45, 2.75) is 26.2 Å². The van der Waals surface area contributed by atoms with Crippen LogP contribution in [0.25, 0.3) is 0 Å². The SMILES string of the molecule is CCCOc1ccnc(Nc2ccc3c(c2)CCCN3)n1. The largest absolute Gasteiger partial charge is 0.478 e. The Morgan fingerprint density at radius 3 is 3.19 bits per heavy atom. The highest BCUT2D eigenvalue weighted by Crippen LogP contribution is 2.26. The van der Waals surface area contributed by atoms with Gasteiger partial charge in [0, 0.05) is 30.2 Å². The summed E-state index contributed by atoms with van der Waals surface area (Å²) in [6.07, 6.45) is 4.95. The molecule has 1 aliphatic heterocycles. The van der Waals surface area contributed by atoms with Crippen LogP contribution in [-0.4, -0.2) is 23.1 Å². The number of aryl methyl sites for hydroxylation is 1. The molecule has 0 spiro atoms. The first kappa shape index (κ1) is 13.7. The smallest absolute Gasteiger partial charge is 0.230 e. The number of benzene rings is 1. The Bertz CT molecular complexity index is 615. The maximum Gasteiger partial charge on any atom is 0.230 e. The Morgan fingerprint density at radius 2 is 2.29 bits per heavy atom. The molecule has 2 heterocycles. The van der Waals surface area contributed by atoms with Crippen LogP contribution in [0.15, 0.2) is 30.5 Å². The van der Waals surface area contributed by atoms with Crippen molar-refractivity contribution in [2.75, 3.05) is 23.8 Å². The van der Waals surface area contributed by atoms with Gasteiger partial charge in [0.2, 0.25) is 11.8 Å². The number of fused-ring (bicyclic) bond motifs is 1. The zero-order valence-corrected chi connectivity index (χ0v) is 12.2. The second kappa shape index (κ2) is 6.43. The number of anilines is 3. The van der Waals surface area contributed by atoms with E-state index < -0.39 is 0 Å². The normalized spacial score (nSPS) is 13.2. The molecule has 0 aliphatic carbocycles. The molecule has 2 N–H and O–H groups in total. The number of hydrogen-bond donors (Lipinski definition) is 2. The van der Waals surface area contributed by atoms with Crippen LogP contribution >= 0.6 is 0 Å². The first-order valence-electron chi connectivity index (χ1n) is 7.45. The van der Waals surface area contributed by atoms with Crippen LogP contribution < -0.4 is 15.4 Å². The maximum atomic E-state index is 5.52. The van der Waals surface area contributed by atoms with Gasteiger partial charge >= 0.3 is 0 Å². The van der Waals surface area contributed by atoms with Crippen molar-refractivity contribution in [3.63, 3.8) is 0 Å². The number of nitrogens with one attached hydrogen (secondary N) is 2. The average molecular weight is 284 g/mol. The van der Waals surface area contributed by atoms with Crippen LogP contribution in [0, 0.1) is 0 Å². The van der Waals surface area contributed by atoms with E-state index in [4.69, 9.17) is 4.74 Å². The van der Waals surface area contributed by atoms with Crippen LogP contribution in [0.2, 0.25) is 0 Å². The molecule has 1 aromatic heterocycles. The molecule has 2 aromatic rings. The van der Waals surface area contributed by atoms with Gasteiger partial charge in [-0.2, -0.15) is 4.98 Å². The highest BCUT2D eigenvalue weighted by atomic mass is 16.5. The molecule has 1 aliphatic rings. The molecule has 5 nitrogen and oxygen atoms in total. The summed E-state index contributed by atoms with van der Waals surface area (Å²) in [5.74, 6) is 1.17. The summed E-state index contributed by atoms with van der Waals surface area (Å²) < 4.78 is 5.52.